The number of oxime groups is 1. The normalized spacial score (nSPS) is 14.6. The minimum Gasteiger partial charge on any atom is -0.417 e. The molecule has 4 heterocycles. The van der Waals surface area contributed by atoms with E-state index < -0.39 is 56.2 Å². The zero-order chi connectivity index (χ0) is 43.1. The van der Waals surface area contributed by atoms with E-state index >= 15 is 0 Å². The van der Waals surface area contributed by atoms with Crippen molar-refractivity contribution in [3.63, 3.8) is 0 Å². The summed E-state index contributed by atoms with van der Waals surface area (Å²) in [5, 5.41) is 16.2. The third-order valence-corrected chi connectivity index (χ3v) is 11.1. The van der Waals surface area contributed by atoms with Crippen LogP contribution >= 0.6 is 34.7 Å². The van der Waals surface area contributed by atoms with Crippen LogP contribution in [0.5, 0.6) is 5.88 Å². The number of sulfone groups is 1. The lowest BCUT2D eigenvalue weighted by Gasteiger charge is -2.29. The van der Waals surface area contributed by atoms with E-state index in [-0.39, 0.29) is 35.2 Å². The summed E-state index contributed by atoms with van der Waals surface area (Å²) in [6.07, 6.45) is -3.43. The zero-order valence-corrected chi connectivity index (χ0v) is 35.8. The Kier molecular flexibility index (Phi) is 16.7. The molecule has 0 bridgehead atoms. The molecule has 1 amide bonds. The average Bonchev–Trinajstić information content (AvgIpc) is 3.72. The molecule has 0 aromatic carbocycles. The van der Waals surface area contributed by atoms with Crippen LogP contribution in [-0.2, 0) is 48.6 Å². The lowest BCUT2D eigenvalue weighted by atomic mass is 9.93. The number of methoxy groups -OCH3 is 1. The van der Waals surface area contributed by atoms with E-state index in [9.17, 15) is 40.0 Å². The van der Waals surface area contributed by atoms with Crippen molar-refractivity contribution in [3.05, 3.63) is 43.1 Å². The van der Waals surface area contributed by atoms with Crippen molar-refractivity contribution in [2.75, 3.05) is 36.6 Å². The molecule has 0 saturated heterocycles. The Hall–Kier alpha value is -3.54. The Labute approximate surface area is 334 Å². The topological polar surface area (TPSA) is 186 Å². The summed E-state index contributed by atoms with van der Waals surface area (Å²) in [6.45, 7) is 11.8. The fourth-order valence-electron chi connectivity index (χ4n) is 5.08. The number of rotatable bonds is 10. The maximum atomic E-state index is 13.1. The Morgan fingerprint density at radius 3 is 2.23 bits per heavy atom. The number of thioether (sulfide) groups is 1. The number of nitrogens with two attached hydrogens (primary N) is 1. The van der Waals surface area contributed by atoms with E-state index in [2.05, 4.69) is 30.6 Å². The van der Waals surface area contributed by atoms with Crippen LogP contribution in [0.4, 0.5) is 27.6 Å². The van der Waals surface area contributed by atoms with Gasteiger partial charge in [0, 0.05) is 30.9 Å². The lowest BCUT2D eigenvalue weighted by molar-refractivity contribution is -0.142. The first-order valence-corrected chi connectivity index (χ1v) is 20.7. The summed E-state index contributed by atoms with van der Waals surface area (Å²) in [5.74, 6) is 3.24. The van der Waals surface area contributed by atoms with Crippen molar-refractivity contribution in [2.45, 2.75) is 103 Å². The Morgan fingerprint density at radius 2 is 1.80 bits per heavy atom. The van der Waals surface area contributed by atoms with Crippen LogP contribution < -0.4 is 21.0 Å². The molecule has 0 radical (unpaired) electrons. The number of aromatic nitrogens is 5. The predicted octanol–water partition coefficient (Wildman–Crippen LogP) is 5.81. The van der Waals surface area contributed by atoms with Gasteiger partial charge in [-0.2, -0.15) is 31.7 Å². The average molecular weight is 881 g/mol. The molecule has 3 aromatic rings. The first-order valence-electron chi connectivity index (χ1n) is 16.4. The molecule has 2 N–H and O–H groups in total. The Morgan fingerprint density at radius 1 is 1.20 bits per heavy atom. The first-order chi connectivity index (χ1) is 25.6. The van der Waals surface area contributed by atoms with Crippen molar-refractivity contribution < 1.29 is 49.5 Å². The third-order valence-electron chi connectivity index (χ3n) is 7.57. The maximum absolute atomic E-state index is 13.1. The number of carbonyl (C=O) groups excluding carboxylic acids is 1. The maximum Gasteiger partial charge on any atom is 0.435 e. The van der Waals surface area contributed by atoms with E-state index in [1.165, 1.54) is 25.6 Å². The van der Waals surface area contributed by atoms with Gasteiger partial charge in [0.05, 0.1) is 29.7 Å². The van der Waals surface area contributed by atoms with Crippen LogP contribution in [0.1, 0.15) is 75.4 Å². The van der Waals surface area contributed by atoms with Crippen LogP contribution in [0.25, 0.3) is 0 Å². The minimum absolute atomic E-state index is 0.0111. The van der Waals surface area contributed by atoms with Crippen molar-refractivity contribution in [1.82, 2.24) is 24.7 Å². The van der Waals surface area contributed by atoms with Gasteiger partial charge in [-0.3, -0.25) is 9.59 Å². The van der Waals surface area contributed by atoms with E-state index in [1.807, 2.05) is 41.5 Å². The van der Waals surface area contributed by atoms with Gasteiger partial charge in [0.2, 0.25) is 16.9 Å². The molecule has 1 aliphatic rings. The predicted molar refractivity (Wildman–Crippen MR) is 205 cm³/mol. The molecule has 0 saturated carbocycles. The minimum atomic E-state index is -5.06. The van der Waals surface area contributed by atoms with Crippen molar-refractivity contribution in [3.8, 4) is 5.88 Å². The summed E-state index contributed by atoms with van der Waals surface area (Å²) >= 11 is 8.62. The third kappa shape index (κ3) is 12.5. The molecule has 3 aromatic heterocycles. The van der Waals surface area contributed by atoms with Gasteiger partial charge in [0.25, 0.3) is 5.56 Å². The van der Waals surface area contributed by atoms with Crippen LogP contribution in [0.3, 0.4) is 0 Å². The second-order valence-electron chi connectivity index (χ2n) is 13.9. The van der Waals surface area contributed by atoms with Gasteiger partial charge in [0.1, 0.15) is 17.2 Å². The number of nitrogens with zero attached hydrogens (tertiary/aromatic N) is 7. The van der Waals surface area contributed by atoms with Crippen molar-refractivity contribution in [2.24, 2.45) is 12.2 Å². The quantitative estimate of drug-likeness (QED) is 0.112. The Bertz CT molecular complexity index is 2010. The molecule has 1 atom stereocenters. The van der Waals surface area contributed by atoms with Gasteiger partial charge in [-0.05, 0) is 51.8 Å². The zero-order valence-electron chi connectivity index (χ0n) is 32.6. The number of anilines is 1. The number of aryl methyl sites for hydroxylation is 3. The number of halogens is 6. The number of thiophene rings is 1. The molecule has 316 valence electrons. The van der Waals surface area contributed by atoms with E-state index in [0.717, 1.165) is 27.9 Å². The monoisotopic (exact) mass is 880 g/mol. The van der Waals surface area contributed by atoms with Crippen LogP contribution in [0.2, 0.25) is 0 Å². The fraction of sp³-hybridized carbons (Fsp3) is 0.625. The summed E-state index contributed by atoms with van der Waals surface area (Å²) < 4.78 is 99.6. The number of nitrogen functional groups attached to an aromatic ring is 1. The molecular weight excluding hydrogens is 835 g/mol. The highest BCUT2D eigenvalue weighted by molar-refractivity contribution is 8.05. The summed E-state index contributed by atoms with van der Waals surface area (Å²) in [4.78, 5) is 31.5. The highest BCUT2D eigenvalue weighted by Crippen LogP contribution is 2.38. The van der Waals surface area contributed by atoms with Gasteiger partial charge >= 0.3 is 12.8 Å². The lowest BCUT2D eigenvalue weighted by Crippen LogP contribution is -2.42. The van der Waals surface area contributed by atoms with Gasteiger partial charge < -0.3 is 25.1 Å². The molecule has 1 unspecified atom stereocenters. The molecule has 24 heteroatoms. The largest absolute Gasteiger partial charge is 0.435 e. The van der Waals surface area contributed by atoms with Gasteiger partial charge in [-0.15, -0.1) is 33.1 Å². The molecule has 0 aliphatic carbocycles. The summed E-state index contributed by atoms with van der Waals surface area (Å²) in [6, 6.07) is -0.0155. The molecular formula is C32H46ClF5N8O7S3. The Balaban J connectivity index is 0.000000306. The van der Waals surface area contributed by atoms with Gasteiger partial charge in [0.15, 0.2) is 20.6 Å². The highest BCUT2D eigenvalue weighted by Gasteiger charge is 2.43. The molecule has 0 spiro atoms. The number of carbonyl (C=O) groups is 1. The molecule has 15 nitrogen and oxygen atoms in total. The standard InChI is InChI=1S/C12H18ClNO2S.C12H14F5N3O4S.C8H14N4OS/c1-8-7-17-10(3)12(8)14(11(15)5-13)9(2)6-16-4;1-11(2)4-7(19-24-11)25(21,22)5-6-8(12(15,16)17)18-20(3)9(6)23-10(13)14;1-8(2,3)5-6(13)12(9)7(14-4)11-10-5/h7,9H,5-6H2,1-4H3;10H,4-5H2,1-3H3;9H2,1-4H3. The highest BCUT2D eigenvalue weighted by atomic mass is 35.5. The number of hydrogen-bond acceptors (Lipinski definition) is 14. The number of alkyl halides is 6. The van der Waals surface area contributed by atoms with Crippen LogP contribution in [0.15, 0.2) is 20.5 Å². The van der Waals surface area contributed by atoms with E-state index in [1.54, 1.807) is 29.6 Å². The number of amides is 1. The van der Waals surface area contributed by atoms with Crippen molar-refractivity contribution in [1.29, 1.82) is 0 Å². The smallest absolute Gasteiger partial charge is 0.417 e. The first kappa shape index (κ1) is 48.6. The summed E-state index contributed by atoms with van der Waals surface area (Å²) in [7, 11) is -1.80. The van der Waals surface area contributed by atoms with Crippen LogP contribution in [-0.4, -0.2) is 88.1 Å². The SMILES string of the molecule is COCC(C)N(C(=O)CCl)c1c(C)csc1C.CSc1nnc(C(C)(C)C)c(=O)n1N.Cn1nc(C(F)(F)F)c(CS(=O)(=O)C2=NOC(C)(C)C2)c1OC(F)F. The molecule has 4 rings (SSSR count). The second-order valence-corrected chi connectivity index (χ2v) is 18.0. The molecule has 0 fully saturated rings. The summed E-state index contributed by atoms with van der Waals surface area (Å²) in [5.41, 5.74) is -1.71. The van der Waals surface area contributed by atoms with Crippen molar-refractivity contribution >= 4 is 61.2 Å². The number of hydrogen-bond donors (Lipinski definition) is 1. The molecule has 56 heavy (non-hydrogen) atoms. The van der Waals surface area contributed by atoms with Gasteiger partial charge in [-0.25, -0.2) is 13.1 Å². The fourth-order valence-corrected chi connectivity index (χ4v) is 7.97. The number of ether oxygens (including phenoxy) is 2. The van der Waals surface area contributed by atoms with E-state index in [0.29, 0.717) is 22.1 Å². The van der Waals surface area contributed by atoms with Crippen LogP contribution in [0, 0.1) is 13.8 Å². The molecule has 1 aliphatic heterocycles. The second kappa shape index (κ2) is 19.3. The van der Waals surface area contributed by atoms with Gasteiger partial charge in [-0.1, -0.05) is 37.7 Å². The van der Waals surface area contributed by atoms with E-state index in [4.69, 9.17) is 27.0 Å².